The summed E-state index contributed by atoms with van der Waals surface area (Å²) in [6.07, 6.45) is 5.85. The molecule has 1 aliphatic heterocycles. The lowest BCUT2D eigenvalue weighted by Crippen LogP contribution is -2.41. The zero-order chi connectivity index (χ0) is 13.8. The quantitative estimate of drug-likeness (QED) is 0.888. The van der Waals surface area contributed by atoms with Gasteiger partial charge in [0.15, 0.2) is 0 Å². The molecule has 0 atom stereocenters. The highest BCUT2D eigenvalue weighted by Gasteiger charge is 2.20. The molecule has 1 aromatic carbocycles. The van der Waals surface area contributed by atoms with E-state index in [2.05, 4.69) is 27.7 Å². The van der Waals surface area contributed by atoms with E-state index >= 15 is 0 Å². The average Bonchev–Trinajstić information content (AvgIpc) is 2.87. The number of carbonyl (C=O) groups is 1. The maximum atomic E-state index is 12.2. The average molecular weight is 273 g/mol. The highest BCUT2D eigenvalue weighted by molar-refractivity contribution is 5.84. The van der Waals surface area contributed by atoms with Crippen molar-refractivity contribution in [1.29, 1.82) is 0 Å². The zero-order valence-electron chi connectivity index (χ0n) is 11.9. The largest absolute Gasteiger partial charge is 0.383 e. The minimum absolute atomic E-state index is 0.161. The van der Waals surface area contributed by atoms with Gasteiger partial charge in [0.05, 0.1) is 17.9 Å². The number of para-hydroxylation sites is 2. The van der Waals surface area contributed by atoms with Crippen LogP contribution in [0.1, 0.15) is 32.1 Å². The fourth-order valence-corrected chi connectivity index (χ4v) is 3.19. The number of fused-ring (bicyclic) bond motifs is 1. The predicted molar refractivity (Wildman–Crippen MR) is 82.2 cm³/mol. The van der Waals surface area contributed by atoms with E-state index in [1.54, 1.807) is 0 Å². The number of amides is 1. The first-order chi connectivity index (χ1) is 9.83. The smallest absolute Gasteiger partial charge is 0.239 e. The minimum Gasteiger partial charge on any atom is -0.383 e. The van der Waals surface area contributed by atoms with Gasteiger partial charge in [0.2, 0.25) is 5.91 Å². The zero-order valence-corrected chi connectivity index (χ0v) is 11.9. The van der Waals surface area contributed by atoms with Crippen LogP contribution in [0.5, 0.6) is 0 Å². The summed E-state index contributed by atoms with van der Waals surface area (Å²) < 4.78 is 0. The molecule has 1 aromatic rings. The maximum Gasteiger partial charge on any atom is 0.239 e. The normalized spacial score (nSPS) is 19.1. The Morgan fingerprint density at radius 3 is 2.90 bits per heavy atom. The Labute approximate surface area is 120 Å². The summed E-state index contributed by atoms with van der Waals surface area (Å²) in [6.45, 7) is 2.37. The van der Waals surface area contributed by atoms with Gasteiger partial charge >= 0.3 is 0 Å². The van der Waals surface area contributed by atoms with Crippen molar-refractivity contribution in [2.45, 2.75) is 38.1 Å². The number of hydrogen-bond acceptors (Lipinski definition) is 3. The van der Waals surface area contributed by atoms with Gasteiger partial charge < -0.3 is 15.5 Å². The molecule has 1 saturated carbocycles. The molecule has 20 heavy (non-hydrogen) atoms. The Morgan fingerprint density at radius 2 is 2.05 bits per heavy atom. The summed E-state index contributed by atoms with van der Waals surface area (Å²) in [5, 5.41) is 6.60. The molecule has 108 valence electrons. The van der Waals surface area contributed by atoms with E-state index in [0.717, 1.165) is 43.7 Å². The van der Waals surface area contributed by atoms with Crippen LogP contribution in [-0.2, 0) is 4.79 Å². The lowest BCUT2D eigenvalue weighted by Gasteiger charge is -2.24. The van der Waals surface area contributed by atoms with Crippen LogP contribution in [0.15, 0.2) is 24.3 Å². The van der Waals surface area contributed by atoms with Gasteiger partial charge in [0.25, 0.3) is 0 Å². The lowest BCUT2D eigenvalue weighted by atomic mass is 10.2. The molecule has 0 bridgehead atoms. The first-order valence-corrected chi connectivity index (χ1v) is 7.70. The predicted octanol–water partition coefficient (Wildman–Crippen LogP) is 2.37. The molecule has 2 aliphatic rings. The second-order valence-electron chi connectivity index (χ2n) is 5.77. The number of anilines is 2. The van der Waals surface area contributed by atoms with Gasteiger partial charge in [-0.15, -0.1) is 0 Å². The molecule has 1 heterocycles. The molecule has 4 nitrogen and oxygen atoms in total. The van der Waals surface area contributed by atoms with Crippen molar-refractivity contribution in [3.05, 3.63) is 24.3 Å². The fourth-order valence-electron chi connectivity index (χ4n) is 3.19. The van der Waals surface area contributed by atoms with E-state index in [1.165, 1.54) is 12.8 Å². The maximum absolute atomic E-state index is 12.2. The van der Waals surface area contributed by atoms with Crippen LogP contribution in [0, 0.1) is 0 Å². The number of hydrogen-bond donors (Lipinski definition) is 2. The van der Waals surface area contributed by atoms with Gasteiger partial charge in [0.1, 0.15) is 0 Å². The Kier molecular flexibility index (Phi) is 4.09. The highest BCUT2D eigenvalue weighted by atomic mass is 16.2. The number of carbonyl (C=O) groups excluding carboxylic acids is 1. The molecule has 2 N–H and O–H groups in total. The first-order valence-electron chi connectivity index (χ1n) is 7.70. The molecule has 3 rings (SSSR count). The van der Waals surface area contributed by atoms with Gasteiger partial charge in [0, 0.05) is 19.1 Å². The van der Waals surface area contributed by atoms with Crippen molar-refractivity contribution in [3.8, 4) is 0 Å². The molecule has 0 radical (unpaired) electrons. The number of rotatable bonds is 3. The van der Waals surface area contributed by atoms with E-state index < -0.39 is 0 Å². The molecule has 1 fully saturated rings. The van der Waals surface area contributed by atoms with Crippen LogP contribution in [0.25, 0.3) is 0 Å². The van der Waals surface area contributed by atoms with Crippen LogP contribution >= 0.6 is 0 Å². The van der Waals surface area contributed by atoms with Gasteiger partial charge in [-0.05, 0) is 31.4 Å². The van der Waals surface area contributed by atoms with Crippen LogP contribution < -0.4 is 15.5 Å². The lowest BCUT2D eigenvalue weighted by molar-refractivity contribution is -0.120. The molecule has 4 heteroatoms. The summed E-state index contributed by atoms with van der Waals surface area (Å²) in [5.41, 5.74) is 2.28. The molecule has 1 aliphatic carbocycles. The van der Waals surface area contributed by atoms with Gasteiger partial charge in [-0.3, -0.25) is 4.79 Å². The molecule has 0 spiro atoms. The summed E-state index contributed by atoms with van der Waals surface area (Å²) >= 11 is 0. The summed E-state index contributed by atoms with van der Waals surface area (Å²) in [5.74, 6) is 0.161. The highest BCUT2D eigenvalue weighted by Crippen LogP contribution is 2.27. The Balaban J connectivity index is 1.65. The Morgan fingerprint density at radius 1 is 1.25 bits per heavy atom. The van der Waals surface area contributed by atoms with Crippen molar-refractivity contribution in [2.75, 3.05) is 29.9 Å². The van der Waals surface area contributed by atoms with E-state index in [9.17, 15) is 4.79 Å². The van der Waals surface area contributed by atoms with Crippen LogP contribution in [0.4, 0.5) is 11.4 Å². The number of nitrogens with one attached hydrogen (secondary N) is 2. The van der Waals surface area contributed by atoms with Gasteiger partial charge in [-0.1, -0.05) is 25.0 Å². The number of benzene rings is 1. The van der Waals surface area contributed by atoms with Crippen LogP contribution in [-0.4, -0.2) is 31.6 Å². The fraction of sp³-hybridized carbons (Fsp3) is 0.562. The monoisotopic (exact) mass is 273 g/mol. The molecular formula is C16H23N3O. The molecule has 0 aromatic heterocycles. The van der Waals surface area contributed by atoms with Gasteiger partial charge in [-0.2, -0.15) is 0 Å². The van der Waals surface area contributed by atoms with Crippen molar-refractivity contribution in [1.82, 2.24) is 5.32 Å². The second-order valence-corrected chi connectivity index (χ2v) is 5.77. The van der Waals surface area contributed by atoms with Crippen molar-refractivity contribution < 1.29 is 4.79 Å². The number of nitrogens with zero attached hydrogens (tertiary/aromatic N) is 1. The third kappa shape index (κ3) is 3.06. The van der Waals surface area contributed by atoms with Crippen LogP contribution in [0.2, 0.25) is 0 Å². The van der Waals surface area contributed by atoms with Crippen molar-refractivity contribution >= 4 is 17.3 Å². The van der Waals surface area contributed by atoms with Crippen molar-refractivity contribution in [3.63, 3.8) is 0 Å². The second kappa shape index (κ2) is 6.16. The molecular weight excluding hydrogens is 250 g/mol. The van der Waals surface area contributed by atoms with E-state index in [1.807, 2.05) is 12.1 Å². The topological polar surface area (TPSA) is 44.4 Å². The van der Waals surface area contributed by atoms with Crippen LogP contribution in [0.3, 0.4) is 0 Å². The van der Waals surface area contributed by atoms with Gasteiger partial charge in [-0.25, -0.2) is 0 Å². The molecule has 0 saturated heterocycles. The molecule has 1 amide bonds. The Hall–Kier alpha value is -1.71. The summed E-state index contributed by atoms with van der Waals surface area (Å²) in [6, 6.07) is 8.66. The molecule has 0 unspecified atom stereocenters. The van der Waals surface area contributed by atoms with E-state index in [4.69, 9.17) is 0 Å². The van der Waals surface area contributed by atoms with E-state index in [-0.39, 0.29) is 5.91 Å². The standard InChI is InChI=1S/C16H23N3O/c20-16(18-13-6-1-2-7-13)12-19-11-5-10-17-14-8-3-4-9-15(14)19/h3-4,8-9,13,17H,1-2,5-7,10-12H2,(H,18,20). The van der Waals surface area contributed by atoms with Crippen molar-refractivity contribution in [2.24, 2.45) is 0 Å². The SMILES string of the molecule is O=C(CN1CCCNc2ccccc21)NC1CCCC1. The summed E-state index contributed by atoms with van der Waals surface area (Å²) in [7, 11) is 0. The first kappa shape index (κ1) is 13.3. The minimum atomic E-state index is 0.161. The Bertz CT molecular complexity index is 469. The van der Waals surface area contributed by atoms with E-state index in [0.29, 0.717) is 12.6 Å². The third-order valence-corrected chi connectivity index (χ3v) is 4.22. The third-order valence-electron chi connectivity index (χ3n) is 4.22. The summed E-state index contributed by atoms with van der Waals surface area (Å²) in [4.78, 5) is 14.4.